The molecule has 1 aliphatic heterocycles. The summed E-state index contributed by atoms with van der Waals surface area (Å²) < 4.78 is 0. The minimum absolute atomic E-state index is 0. The number of aliphatic imine (C=N–C) groups is 1. The molecule has 3 N–H and O–H groups in total. The fraction of sp³-hybridized carbons (Fsp3) is 0.700. The molecule has 1 atom stereocenters. The predicted octanol–water partition coefficient (Wildman–Crippen LogP) is 2.15. The van der Waals surface area contributed by atoms with E-state index in [0.29, 0.717) is 23.9 Å². The molecule has 1 saturated heterocycles. The van der Waals surface area contributed by atoms with E-state index in [-0.39, 0.29) is 41.8 Å². The number of carbonyl (C=O) groups excluding carboxylic acids is 2. The second-order valence-corrected chi connectivity index (χ2v) is 8.53. The quantitative estimate of drug-likeness (QED) is 0.210. The molecule has 0 bridgehead atoms. The average molecular weight is 548 g/mol. The van der Waals surface area contributed by atoms with Crippen molar-refractivity contribution in [1.29, 1.82) is 0 Å². The first-order valence-electron chi connectivity index (χ1n) is 10.6. The predicted molar refractivity (Wildman–Crippen MR) is 131 cm³/mol. The Bertz CT molecular complexity index is 735. The van der Waals surface area contributed by atoms with E-state index in [2.05, 4.69) is 25.9 Å². The maximum atomic E-state index is 12.6. The number of nitrogens with one attached hydrogen (secondary N) is 3. The van der Waals surface area contributed by atoms with Crippen molar-refractivity contribution in [2.24, 2.45) is 10.9 Å². The molecule has 0 radical (unpaired) electrons. The summed E-state index contributed by atoms with van der Waals surface area (Å²) in [5, 5.41) is 9.58. The Labute approximate surface area is 199 Å². The lowest BCUT2D eigenvalue weighted by molar-refractivity contribution is -0.134. The van der Waals surface area contributed by atoms with Gasteiger partial charge in [0.1, 0.15) is 4.88 Å². The van der Waals surface area contributed by atoms with E-state index >= 15 is 0 Å². The standard InChI is InChI=1S/C20H32N6O2S.HI/c1-3-21-20(23-10-9-22-18(27)17-14(2)24-13-29-17)25-16-8-11-26(12-16)19(28)15-6-4-5-7-15;/h13,15-16H,3-12H2,1-2H3,(H,22,27)(H2,21,23,25);1H. The summed E-state index contributed by atoms with van der Waals surface area (Å²) in [6.45, 7) is 7.11. The van der Waals surface area contributed by atoms with Gasteiger partial charge in [0.25, 0.3) is 5.91 Å². The highest BCUT2D eigenvalue weighted by Gasteiger charge is 2.32. The SMILES string of the molecule is CCNC(=NCCNC(=O)c1scnc1C)NC1CCN(C(=O)C2CCCC2)C1.I. The largest absolute Gasteiger partial charge is 0.357 e. The molecule has 10 heteroatoms. The van der Waals surface area contributed by atoms with Gasteiger partial charge in [-0.05, 0) is 33.1 Å². The monoisotopic (exact) mass is 548 g/mol. The third-order valence-electron chi connectivity index (χ3n) is 5.51. The number of likely N-dealkylation sites (tertiary alicyclic amines) is 1. The maximum Gasteiger partial charge on any atom is 0.263 e. The molecule has 0 aromatic carbocycles. The van der Waals surface area contributed by atoms with Crippen LogP contribution in [0.1, 0.15) is 54.4 Å². The molecule has 30 heavy (non-hydrogen) atoms. The van der Waals surface area contributed by atoms with E-state index < -0.39 is 0 Å². The van der Waals surface area contributed by atoms with E-state index in [9.17, 15) is 9.59 Å². The van der Waals surface area contributed by atoms with E-state index in [0.717, 1.165) is 50.6 Å². The van der Waals surface area contributed by atoms with Gasteiger partial charge in [-0.3, -0.25) is 14.6 Å². The number of rotatable bonds is 7. The Hall–Kier alpha value is -1.43. The number of hydrogen-bond donors (Lipinski definition) is 3. The van der Waals surface area contributed by atoms with Crippen LogP contribution in [-0.4, -0.2) is 66.4 Å². The highest BCUT2D eigenvalue weighted by molar-refractivity contribution is 14.0. The number of carbonyl (C=O) groups is 2. The molecule has 1 unspecified atom stereocenters. The van der Waals surface area contributed by atoms with Crippen molar-refractivity contribution < 1.29 is 9.59 Å². The number of hydrogen-bond acceptors (Lipinski definition) is 5. The van der Waals surface area contributed by atoms with Gasteiger partial charge in [-0.25, -0.2) is 4.98 Å². The summed E-state index contributed by atoms with van der Waals surface area (Å²) in [6.07, 6.45) is 5.39. The summed E-state index contributed by atoms with van der Waals surface area (Å²) >= 11 is 1.35. The van der Waals surface area contributed by atoms with Gasteiger partial charge in [-0.2, -0.15) is 0 Å². The van der Waals surface area contributed by atoms with Crippen molar-refractivity contribution in [3.63, 3.8) is 0 Å². The lowest BCUT2D eigenvalue weighted by Gasteiger charge is -2.21. The summed E-state index contributed by atoms with van der Waals surface area (Å²) in [7, 11) is 0. The van der Waals surface area contributed by atoms with Gasteiger partial charge in [0.2, 0.25) is 5.91 Å². The number of aryl methyl sites for hydroxylation is 1. The molecule has 2 amide bonds. The van der Waals surface area contributed by atoms with Crippen LogP contribution in [0.2, 0.25) is 0 Å². The second-order valence-electron chi connectivity index (χ2n) is 7.68. The Balaban J connectivity index is 0.00000320. The lowest BCUT2D eigenvalue weighted by atomic mass is 10.1. The summed E-state index contributed by atoms with van der Waals surface area (Å²) in [5.41, 5.74) is 2.43. The van der Waals surface area contributed by atoms with Crippen LogP contribution in [0.4, 0.5) is 0 Å². The molecule has 8 nitrogen and oxygen atoms in total. The van der Waals surface area contributed by atoms with Crippen molar-refractivity contribution in [2.45, 2.75) is 52.0 Å². The molecule has 1 aromatic heterocycles. The molecular formula is C20H33IN6O2S. The van der Waals surface area contributed by atoms with Crippen LogP contribution in [0.25, 0.3) is 0 Å². The highest BCUT2D eigenvalue weighted by Crippen LogP contribution is 2.27. The minimum atomic E-state index is -0.102. The van der Waals surface area contributed by atoms with Crippen molar-refractivity contribution >= 4 is 53.1 Å². The molecule has 0 spiro atoms. The molecule has 168 valence electrons. The van der Waals surface area contributed by atoms with Gasteiger partial charge in [0, 0.05) is 38.1 Å². The zero-order valence-corrected chi connectivity index (χ0v) is 20.9. The molecular weight excluding hydrogens is 515 g/mol. The highest BCUT2D eigenvalue weighted by atomic mass is 127. The summed E-state index contributed by atoms with van der Waals surface area (Å²) in [4.78, 5) is 36.1. The Morgan fingerprint density at radius 3 is 2.70 bits per heavy atom. The Kier molecular flexibility index (Phi) is 10.3. The molecule has 2 aliphatic rings. The van der Waals surface area contributed by atoms with Crippen molar-refractivity contribution in [1.82, 2.24) is 25.8 Å². The lowest BCUT2D eigenvalue weighted by Crippen LogP contribution is -2.45. The van der Waals surface area contributed by atoms with Crippen LogP contribution in [0.15, 0.2) is 10.5 Å². The zero-order valence-electron chi connectivity index (χ0n) is 17.8. The first kappa shape index (κ1) is 24.8. The molecule has 3 rings (SSSR count). The van der Waals surface area contributed by atoms with Gasteiger partial charge >= 0.3 is 0 Å². The van der Waals surface area contributed by atoms with E-state index in [1.54, 1.807) is 5.51 Å². The number of nitrogens with zero attached hydrogens (tertiary/aromatic N) is 3. The van der Waals surface area contributed by atoms with Crippen LogP contribution in [0.5, 0.6) is 0 Å². The third-order valence-corrected chi connectivity index (χ3v) is 6.44. The number of thiazole rings is 1. The van der Waals surface area contributed by atoms with Gasteiger partial charge in [0.15, 0.2) is 5.96 Å². The molecule has 2 fully saturated rings. The van der Waals surface area contributed by atoms with Crippen molar-refractivity contribution in [3.8, 4) is 0 Å². The van der Waals surface area contributed by atoms with E-state index in [1.807, 2.05) is 18.7 Å². The summed E-state index contributed by atoms with van der Waals surface area (Å²) in [6, 6.07) is 0.215. The first-order valence-corrected chi connectivity index (χ1v) is 11.5. The zero-order chi connectivity index (χ0) is 20.6. The van der Waals surface area contributed by atoms with Crippen LogP contribution in [-0.2, 0) is 4.79 Å². The number of aromatic nitrogens is 1. The fourth-order valence-electron chi connectivity index (χ4n) is 3.96. The number of halogens is 1. The summed E-state index contributed by atoms with van der Waals surface area (Å²) in [5.74, 6) is 1.20. The van der Waals surface area contributed by atoms with Crippen LogP contribution < -0.4 is 16.0 Å². The van der Waals surface area contributed by atoms with Gasteiger partial charge in [-0.1, -0.05) is 12.8 Å². The second kappa shape index (κ2) is 12.4. The number of guanidine groups is 1. The minimum Gasteiger partial charge on any atom is -0.357 e. The van der Waals surface area contributed by atoms with Gasteiger partial charge < -0.3 is 20.9 Å². The van der Waals surface area contributed by atoms with Crippen molar-refractivity contribution in [3.05, 3.63) is 16.1 Å². The molecule has 2 heterocycles. The normalized spacial score (nSPS) is 19.5. The van der Waals surface area contributed by atoms with E-state index in [1.165, 1.54) is 24.2 Å². The fourth-order valence-corrected chi connectivity index (χ4v) is 4.68. The Morgan fingerprint density at radius 2 is 2.03 bits per heavy atom. The van der Waals surface area contributed by atoms with Crippen LogP contribution >= 0.6 is 35.3 Å². The smallest absolute Gasteiger partial charge is 0.263 e. The maximum absolute atomic E-state index is 12.6. The van der Waals surface area contributed by atoms with E-state index in [4.69, 9.17) is 0 Å². The van der Waals surface area contributed by atoms with Gasteiger partial charge in [-0.15, -0.1) is 35.3 Å². The van der Waals surface area contributed by atoms with Crippen LogP contribution in [0, 0.1) is 12.8 Å². The molecule has 1 saturated carbocycles. The third kappa shape index (κ3) is 6.79. The topological polar surface area (TPSA) is 98.7 Å². The average Bonchev–Trinajstić information content (AvgIpc) is 3.46. The van der Waals surface area contributed by atoms with Gasteiger partial charge in [0.05, 0.1) is 17.7 Å². The Morgan fingerprint density at radius 1 is 1.27 bits per heavy atom. The number of amides is 2. The van der Waals surface area contributed by atoms with Crippen molar-refractivity contribution in [2.75, 3.05) is 32.7 Å². The molecule has 1 aliphatic carbocycles. The molecule has 1 aromatic rings. The van der Waals surface area contributed by atoms with Crippen LogP contribution in [0.3, 0.4) is 0 Å². The first-order chi connectivity index (χ1) is 14.1.